The Balaban J connectivity index is 4.60. The number of allylic oxidation sites excluding steroid dienone is 3. The summed E-state index contributed by atoms with van der Waals surface area (Å²) in [6, 6.07) is 0. The lowest BCUT2D eigenvalue weighted by molar-refractivity contribution is 0.522. The molecule has 0 amide bonds. The third-order valence-corrected chi connectivity index (χ3v) is 1.44. The van der Waals surface area contributed by atoms with E-state index in [1.54, 1.807) is 0 Å². The molecule has 0 heterocycles. The second kappa shape index (κ2) is 4.39. The van der Waals surface area contributed by atoms with Gasteiger partial charge in [0.25, 0.3) is 0 Å². The number of hydrogen-bond donors (Lipinski definition) is 0. The summed E-state index contributed by atoms with van der Waals surface area (Å²) in [6.07, 6.45) is 1.95. The van der Waals surface area contributed by atoms with Gasteiger partial charge < -0.3 is 4.90 Å². The van der Waals surface area contributed by atoms with Crippen molar-refractivity contribution in [1.82, 2.24) is 4.90 Å². The lowest BCUT2D eigenvalue weighted by Gasteiger charge is -2.16. The van der Waals surface area contributed by atoms with E-state index < -0.39 is 0 Å². The molecular weight excluding hydrogens is 202 g/mol. The monoisotopic (exact) mass is 215 g/mol. The van der Waals surface area contributed by atoms with Crippen LogP contribution in [-0.2, 0) is 0 Å². The Morgan fingerprint density at radius 1 is 1.36 bits per heavy atom. The Morgan fingerprint density at radius 2 is 1.82 bits per heavy atom. The van der Waals surface area contributed by atoms with Crippen LogP contribution in [-0.4, -0.2) is 19.0 Å². The largest absolute Gasteiger partial charge is 0.377 e. The fourth-order valence-electron chi connectivity index (χ4n) is 0.782. The highest BCUT2D eigenvalue weighted by atomic mass is 79.9. The highest BCUT2D eigenvalue weighted by Crippen LogP contribution is 2.14. The maximum atomic E-state index is 3.86. The minimum Gasteiger partial charge on any atom is -0.377 e. The van der Waals surface area contributed by atoms with E-state index in [0.29, 0.717) is 0 Å². The maximum absolute atomic E-state index is 3.86. The van der Waals surface area contributed by atoms with Gasteiger partial charge in [0.2, 0.25) is 0 Å². The molecule has 0 radical (unpaired) electrons. The molecule has 0 aromatic rings. The lowest BCUT2D eigenvalue weighted by atomic mass is 10.2. The van der Waals surface area contributed by atoms with E-state index >= 15 is 0 Å². The van der Waals surface area contributed by atoms with Crippen LogP contribution in [0.4, 0.5) is 0 Å². The van der Waals surface area contributed by atoms with Crippen LogP contribution >= 0.6 is 15.9 Å². The van der Waals surface area contributed by atoms with Gasteiger partial charge in [-0.15, -0.1) is 0 Å². The van der Waals surface area contributed by atoms with Gasteiger partial charge in [-0.05, 0) is 18.6 Å². The van der Waals surface area contributed by atoms with Crippen molar-refractivity contribution in [3.8, 4) is 0 Å². The number of halogens is 1. The first-order valence-electron chi connectivity index (χ1n) is 3.34. The van der Waals surface area contributed by atoms with Gasteiger partial charge in [-0.1, -0.05) is 29.1 Å². The maximum Gasteiger partial charge on any atom is 0.0395 e. The van der Waals surface area contributed by atoms with Gasteiger partial charge in [-0.25, -0.2) is 0 Å². The van der Waals surface area contributed by atoms with Crippen LogP contribution in [0.15, 0.2) is 35.0 Å². The molecule has 0 aliphatic carbocycles. The van der Waals surface area contributed by atoms with Gasteiger partial charge >= 0.3 is 0 Å². The SMILES string of the molecule is C=C(Br)/C=C(\C(=C)C)N(C)C. The summed E-state index contributed by atoms with van der Waals surface area (Å²) in [5, 5.41) is 0. The predicted octanol–water partition coefficient (Wildman–Crippen LogP) is 2.92. The molecule has 0 bridgehead atoms. The third-order valence-electron chi connectivity index (χ3n) is 1.21. The molecule has 0 saturated carbocycles. The van der Waals surface area contributed by atoms with Crippen molar-refractivity contribution in [2.45, 2.75) is 6.92 Å². The first-order chi connectivity index (χ1) is 4.95. The standard InChI is InChI=1S/C9H14BrN/c1-7(2)9(11(4)5)6-8(3)10/h6H,1,3H2,2,4-5H3/b9-6+. The zero-order chi connectivity index (χ0) is 9.02. The van der Waals surface area contributed by atoms with Gasteiger partial charge in [0, 0.05) is 24.3 Å². The van der Waals surface area contributed by atoms with E-state index in [4.69, 9.17) is 0 Å². The van der Waals surface area contributed by atoms with E-state index in [0.717, 1.165) is 15.8 Å². The van der Waals surface area contributed by atoms with E-state index in [1.165, 1.54) is 0 Å². The smallest absolute Gasteiger partial charge is 0.0395 e. The normalized spacial score (nSPS) is 11.1. The molecule has 0 fully saturated rings. The van der Waals surface area contributed by atoms with Crippen molar-refractivity contribution in [2.75, 3.05) is 14.1 Å². The Bertz CT molecular complexity index is 202. The zero-order valence-corrected chi connectivity index (χ0v) is 8.90. The Morgan fingerprint density at radius 3 is 1.91 bits per heavy atom. The molecule has 0 N–H and O–H groups in total. The lowest BCUT2D eigenvalue weighted by Crippen LogP contribution is -2.11. The van der Waals surface area contributed by atoms with Crippen LogP contribution in [0.3, 0.4) is 0 Å². The molecule has 0 saturated heterocycles. The first-order valence-corrected chi connectivity index (χ1v) is 4.13. The van der Waals surface area contributed by atoms with E-state index in [9.17, 15) is 0 Å². The summed E-state index contributed by atoms with van der Waals surface area (Å²) in [6.45, 7) is 9.56. The van der Waals surface area contributed by atoms with Crippen molar-refractivity contribution in [3.63, 3.8) is 0 Å². The third kappa shape index (κ3) is 4.04. The zero-order valence-electron chi connectivity index (χ0n) is 7.32. The number of nitrogens with zero attached hydrogens (tertiary/aromatic N) is 1. The van der Waals surface area contributed by atoms with Gasteiger partial charge in [0.15, 0.2) is 0 Å². The van der Waals surface area contributed by atoms with Gasteiger partial charge in [-0.2, -0.15) is 0 Å². The highest BCUT2D eigenvalue weighted by Gasteiger charge is 1.99. The summed E-state index contributed by atoms with van der Waals surface area (Å²) in [5.41, 5.74) is 2.13. The van der Waals surface area contributed by atoms with Crippen molar-refractivity contribution in [1.29, 1.82) is 0 Å². The molecular formula is C9H14BrN. The molecule has 0 unspecified atom stereocenters. The van der Waals surface area contributed by atoms with Crippen molar-refractivity contribution in [2.24, 2.45) is 0 Å². The molecule has 11 heavy (non-hydrogen) atoms. The molecule has 2 heteroatoms. The Labute approximate surface area is 77.2 Å². The number of hydrogen-bond acceptors (Lipinski definition) is 1. The van der Waals surface area contributed by atoms with Gasteiger partial charge in [-0.3, -0.25) is 0 Å². The van der Waals surface area contributed by atoms with Crippen molar-refractivity contribution < 1.29 is 0 Å². The molecule has 0 aliphatic rings. The fourth-order valence-corrected chi connectivity index (χ4v) is 0.999. The molecule has 0 aromatic carbocycles. The Kier molecular flexibility index (Phi) is 4.19. The number of rotatable bonds is 3. The second-order valence-corrected chi connectivity index (χ2v) is 3.67. The minimum absolute atomic E-state index is 0.865. The van der Waals surface area contributed by atoms with E-state index in [-0.39, 0.29) is 0 Å². The molecule has 62 valence electrons. The first kappa shape index (κ1) is 10.5. The molecule has 0 atom stereocenters. The van der Waals surface area contributed by atoms with Crippen molar-refractivity contribution in [3.05, 3.63) is 35.0 Å². The summed E-state index contributed by atoms with van der Waals surface area (Å²) < 4.78 is 0.865. The predicted molar refractivity (Wildman–Crippen MR) is 54.7 cm³/mol. The van der Waals surface area contributed by atoms with Crippen LogP contribution in [0.5, 0.6) is 0 Å². The summed E-state index contributed by atoms with van der Waals surface area (Å²) in [4.78, 5) is 2.01. The quantitative estimate of drug-likeness (QED) is 0.655. The Hall–Kier alpha value is -0.500. The van der Waals surface area contributed by atoms with Crippen molar-refractivity contribution >= 4 is 15.9 Å². The summed E-state index contributed by atoms with van der Waals surface area (Å²) in [5.74, 6) is 0. The molecule has 0 rings (SSSR count). The second-order valence-electron chi connectivity index (χ2n) is 2.65. The van der Waals surface area contributed by atoms with E-state index in [2.05, 4.69) is 29.1 Å². The highest BCUT2D eigenvalue weighted by molar-refractivity contribution is 9.11. The van der Waals surface area contributed by atoms with Crippen LogP contribution in [0.25, 0.3) is 0 Å². The number of likely N-dealkylation sites (N-methyl/N-ethyl adjacent to an activating group) is 1. The molecule has 0 aromatic heterocycles. The molecule has 0 spiro atoms. The van der Waals surface area contributed by atoms with Crippen LogP contribution in [0.1, 0.15) is 6.92 Å². The van der Waals surface area contributed by atoms with Crippen LogP contribution in [0.2, 0.25) is 0 Å². The average molecular weight is 216 g/mol. The topological polar surface area (TPSA) is 3.24 Å². The minimum atomic E-state index is 0.865. The van der Waals surface area contributed by atoms with Crippen LogP contribution < -0.4 is 0 Å². The van der Waals surface area contributed by atoms with Gasteiger partial charge in [0.1, 0.15) is 0 Å². The molecule has 0 aliphatic heterocycles. The average Bonchev–Trinajstić information content (AvgIpc) is 1.81. The van der Waals surface area contributed by atoms with Gasteiger partial charge in [0.05, 0.1) is 0 Å². The summed E-state index contributed by atoms with van der Waals surface area (Å²) >= 11 is 3.27. The molecule has 1 nitrogen and oxygen atoms in total. The van der Waals surface area contributed by atoms with Crippen LogP contribution in [0, 0.1) is 0 Å². The van der Waals surface area contributed by atoms with E-state index in [1.807, 2.05) is 32.0 Å². The fraction of sp³-hybridized carbons (Fsp3) is 0.333. The summed E-state index contributed by atoms with van der Waals surface area (Å²) in [7, 11) is 3.97.